The van der Waals surface area contributed by atoms with E-state index in [1.165, 1.54) is 0 Å². The Morgan fingerprint density at radius 3 is 2.67 bits per heavy atom. The fourth-order valence-electron chi connectivity index (χ4n) is 3.08. The molecular formula is C14H25NO3. The highest BCUT2D eigenvalue weighted by Gasteiger charge is 2.28. The van der Waals surface area contributed by atoms with E-state index in [9.17, 15) is 9.90 Å². The first kappa shape index (κ1) is 13.8. The van der Waals surface area contributed by atoms with Gasteiger partial charge >= 0.3 is 0 Å². The number of hydrogen-bond acceptors (Lipinski definition) is 3. The van der Waals surface area contributed by atoms with E-state index in [1.807, 2.05) is 6.92 Å². The van der Waals surface area contributed by atoms with Crippen LogP contribution in [0.5, 0.6) is 0 Å². The third-order valence-corrected chi connectivity index (χ3v) is 4.54. The Bertz CT molecular complexity index is 276. The third kappa shape index (κ3) is 3.45. The summed E-state index contributed by atoms with van der Waals surface area (Å²) < 4.78 is 5.32. The van der Waals surface area contributed by atoms with Crippen molar-refractivity contribution < 1.29 is 14.6 Å². The highest BCUT2D eigenvalue weighted by molar-refractivity contribution is 5.78. The Balaban J connectivity index is 1.73. The second kappa shape index (κ2) is 6.53. The van der Waals surface area contributed by atoms with Crippen LogP contribution in [0.15, 0.2) is 0 Å². The van der Waals surface area contributed by atoms with Gasteiger partial charge in [0.15, 0.2) is 0 Å². The number of rotatable bonds is 4. The van der Waals surface area contributed by atoms with Gasteiger partial charge in [0.05, 0.1) is 6.10 Å². The topological polar surface area (TPSA) is 58.6 Å². The maximum atomic E-state index is 12.1. The van der Waals surface area contributed by atoms with Gasteiger partial charge in [-0.05, 0) is 31.6 Å². The molecule has 104 valence electrons. The standard InChI is InChI=1S/C14H25NO3/c1-10(11-5-7-18-8-6-11)14(17)15-9-12-3-2-4-13(12)16/h10-13,16H,2-9H2,1H3,(H,15,17). The van der Waals surface area contributed by atoms with Gasteiger partial charge in [0, 0.05) is 31.6 Å². The summed E-state index contributed by atoms with van der Waals surface area (Å²) in [5.74, 6) is 0.913. The second-order valence-electron chi connectivity index (χ2n) is 5.74. The summed E-state index contributed by atoms with van der Waals surface area (Å²) in [5, 5.41) is 12.7. The van der Waals surface area contributed by atoms with E-state index in [-0.39, 0.29) is 23.8 Å². The first-order chi connectivity index (χ1) is 8.68. The number of aliphatic hydroxyl groups excluding tert-OH is 1. The molecule has 0 aromatic carbocycles. The first-order valence-electron chi connectivity index (χ1n) is 7.22. The molecule has 4 heteroatoms. The average Bonchev–Trinajstić information content (AvgIpc) is 2.81. The number of hydrogen-bond donors (Lipinski definition) is 2. The van der Waals surface area contributed by atoms with Crippen molar-refractivity contribution in [1.29, 1.82) is 0 Å². The molecule has 0 aromatic heterocycles. The lowest BCUT2D eigenvalue weighted by Gasteiger charge is -2.27. The van der Waals surface area contributed by atoms with Crippen LogP contribution in [0.25, 0.3) is 0 Å². The van der Waals surface area contributed by atoms with Crippen molar-refractivity contribution >= 4 is 5.91 Å². The molecule has 2 N–H and O–H groups in total. The summed E-state index contributed by atoms with van der Waals surface area (Å²) in [6.45, 7) is 4.21. The van der Waals surface area contributed by atoms with E-state index in [0.29, 0.717) is 12.5 Å². The molecule has 0 aromatic rings. The lowest BCUT2D eigenvalue weighted by atomic mass is 9.86. The first-order valence-corrected chi connectivity index (χ1v) is 7.22. The highest BCUT2D eigenvalue weighted by Crippen LogP contribution is 2.26. The van der Waals surface area contributed by atoms with Gasteiger partial charge in [-0.3, -0.25) is 4.79 Å². The van der Waals surface area contributed by atoms with Crippen molar-refractivity contribution in [1.82, 2.24) is 5.32 Å². The number of ether oxygens (including phenoxy) is 1. The molecule has 0 bridgehead atoms. The molecule has 1 aliphatic heterocycles. The van der Waals surface area contributed by atoms with E-state index in [4.69, 9.17) is 4.74 Å². The molecule has 0 spiro atoms. The predicted octanol–water partition coefficient (Wildman–Crippen LogP) is 1.33. The predicted molar refractivity (Wildman–Crippen MR) is 69.1 cm³/mol. The van der Waals surface area contributed by atoms with Gasteiger partial charge in [-0.15, -0.1) is 0 Å². The van der Waals surface area contributed by atoms with Gasteiger partial charge in [0.2, 0.25) is 5.91 Å². The number of amides is 1. The summed E-state index contributed by atoms with van der Waals surface area (Å²) in [6.07, 6.45) is 4.76. The van der Waals surface area contributed by atoms with Crippen LogP contribution in [0.2, 0.25) is 0 Å². The monoisotopic (exact) mass is 255 g/mol. The Kier molecular flexibility index (Phi) is 5.01. The molecule has 3 unspecified atom stereocenters. The van der Waals surface area contributed by atoms with Crippen LogP contribution < -0.4 is 5.32 Å². The van der Waals surface area contributed by atoms with E-state index in [1.54, 1.807) is 0 Å². The normalized spacial score (nSPS) is 31.2. The fraction of sp³-hybridized carbons (Fsp3) is 0.929. The van der Waals surface area contributed by atoms with Crippen LogP contribution in [0.3, 0.4) is 0 Å². The highest BCUT2D eigenvalue weighted by atomic mass is 16.5. The molecular weight excluding hydrogens is 230 g/mol. The van der Waals surface area contributed by atoms with Gasteiger partial charge in [-0.2, -0.15) is 0 Å². The van der Waals surface area contributed by atoms with Crippen LogP contribution in [-0.2, 0) is 9.53 Å². The third-order valence-electron chi connectivity index (χ3n) is 4.54. The lowest BCUT2D eigenvalue weighted by Crippen LogP contribution is -2.39. The van der Waals surface area contributed by atoms with E-state index >= 15 is 0 Å². The van der Waals surface area contributed by atoms with E-state index < -0.39 is 0 Å². The molecule has 2 aliphatic rings. The molecule has 1 aliphatic carbocycles. The number of aliphatic hydroxyl groups is 1. The molecule has 18 heavy (non-hydrogen) atoms. The summed E-state index contributed by atoms with van der Waals surface area (Å²) in [7, 11) is 0. The Labute approximate surface area is 109 Å². The zero-order valence-corrected chi connectivity index (χ0v) is 11.2. The zero-order chi connectivity index (χ0) is 13.0. The summed E-state index contributed by atoms with van der Waals surface area (Å²) in [4.78, 5) is 12.1. The lowest BCUT2D eigenvalue weighted by molar-refractivity contribution is -0.127. The minimum absolute atomic E-state index is 0.0624. The second-order valence-corrected chi connectivity index (χ2v) is 5.74. The van der Waals surface area contributed by atoms with Crippen molar-refractivity contribution in [2.45, 2.75) is 45.1 Å². The molecule has 2 fully saturated rings. The maximum absolute atomic E-state index is 12.1. The number of carbonyl (C=O) groups is 1. The Morgan fingerprint density at radius 2 is 2.06 bits per heavy atom. The van der Waals surface area contributed by atoms with Crippen LogP contribution in [-0.4, -0.2) is 36.9 Å². The Morgan fingerprint density at radius 1 is 1.33 bits per heavy atom. The molecule has 1 amide bonds. The number of carbonyl (C=O) groups excluding carboxylic acids is 1. The summed E-state index contributed by atoms with van der Waals surface area (Å²) in [6, 6.07) is 0. The quantitative estimate of drug-likeness (QED) is 0.796. The minimum atomic E-state index is -0.219. The van der Waals surface area contributed by atoms with Gasteiger partial charge in [-0.1, -0.05) is 13.3 Å². The molecule has 1 saturated carbocycles. The van der Waals surface area contributed by atoms with Crippen molar-refractivity contribution in [3.63, 3.8) is 0 Å². The Hall–Kier alpha value is -0.610. The molecule has 3 atom stereocenters. The van der Waals surface area contributed by atoms with Crippen molar-refractivity contribution in [3.05, 3.63) is 0 Å². The van der Waals surface area contributed by atoms with Gasteiger partial charge in [0.25, 0.3) is 0 Å². The van der Waals surface area contributed by atoms with Crippen LogP contribution >= 0.6 is 0 Å². The molecule has 2 rings (SSSR count). The molecule has 0 radical (unpaired) electrons. The van der Waals surface area contributed by atoms with Gasteiger partial charge < -0.3 is 15.2 Å². The zero-order valence-electron chi connectivity index (χ0n) is 11.2. The SMILES string of the molecule is CC(C(=O)NCC1CCCC1O)C1CCOCC1. The maximum Gasteiger partial charge on any atom is 0.223 e. The smallest absolute Gasteiger partial charge is 0.223 e. The largest absolute Gasteiger partial charge is 0.393 e. The van der Waals surface area contributed by atoms with Crippen LogP contribution in [0.1, 0.15) is 39.0 Å². The van der Waals surface area contributed by atoms with Crippen molar-refractivity contribution in [3.8, 4) is 0 Å². The number of nitrogens with one attached hydrogen (secondary N) is 1. The van der Waals surface area contributed by atoms with Crippen molar-refractivity contribution in [2.75, 3.05) is 19.8 Å². The van der Waals surface area contributed by atoms with Crippen LogP contribution in [0.4, 0.5) is 0 Å². The molecule has 1 saturated heterocycles. The van der Waals surface area contributed by atoms with Gasteiger partial charge in [0.1, 0.15) is 0 Å². The van der Waals surface area contributed by atoms with Gasteiger partial charge in [-0.25, -0.2) is 0 Å². The van der Waals surface area contributed by atoms with E-state index in [2.05, 4.69) is 5.32 Å². The van der Waals surface area contributed by atoms with Crippen molar-refractivity contribution in [2.24, 2.45) is 17.8 Å². The van der Waals surface area contributed by atoms with E-state index in [0.717, 1.165) is 45.3 Å². The summed E-state index contributed by atoms with van der Waals surface area (Å²) in [5.41, 5.74) is 0. The average molecular weight is 255 g/mol. The van der Waals surface area contributed by atoms with Crippen LogP contribution in [0, 0.1) is 17.8 Å². The molecule has 1 heterocycles. The summed E-state index contributed by atoms with van der Waals surface area (Å²) >= 11 is 0. The fourth-order valence-corrected chi connectivity index (χ4v) is 3.08. The minimum Gasteiger partial charge on any atom is -0.393 e. The molecule has 4 nitrogen and oxygen atoms in total.